The standard InChI is InChI=1S/C14H27F3N2/c1-4-5-13-9-18-12(8-11(2)3)10-19(13)7-6-14(15,16)17/h11-13,18H,4-10H2,1-3H3. The van der Waals surface area contributed by atoms with Crippen molar-refractivity contribution < 1.29 is 13.2 Å². The number of nitrogens with zero attached hydrogens (tertiary/aromatic N) is 1. The highest BCUT2D eigenvalue weighted by Gasteiger charge is 2.32. The Morgan fingerprint density at radius 1 is 1.32 bits per heavy atom. The first kappa shape index (κ1) is 16.8. The Morgan fingerprint density at radius 3 is 2.53 bits per heavy atom. The highest BCUT2D eigenvalue weighted by Crippen LogP contribution is 2.23. The molecule has 0 saturated carbocycles. The van der Waals surface area contributed by atoms with Gasteiger partial charge in [-0.1, -0.05) is 27.2 Å². The van der Waals surface area contributed by atoms with Gasteiger partial charge in [0.2, 0.25) is 0 Å². The van der Waals surface area contributed by atoms with Crippen LogP contribution in [0.5, 0.6) is 0 Å². The van der Waals surface area contributed by atoms with Crippen molar-refractivity contribution in [2.45, 2.75) is 64.7 Å². The minimum Gasteiger partial charge on any atom is -0.311 e. The van der Waals surface area contributed by atoms with Crippen molar-refractivity contribution in [1.29, 1.82) is 0 Å². The van der Waals surface area contributed by atoms with Crippen LogP contribution in [0.25, 0.3) is 0 Å². The fourth-order valence-corrected chi connectivity index (χ4v) is 2.82. The van der Waals surface area contributed by atoms with E-state index in [2.05, 4.69) is 26.1 Å². The summed E-state index contributed by atoms with van der Waals surface area (Å²) < 4.78 is 37.2. The van der Waals surface area contributed by atoms with Crippen molar-refractivity contribution in [1.82, 2.24) is 10.2 Å². The lowest BCUT2D eigenvalue weighted by Gasteiger charge is -2.41. The van der Waals surface area contributed by atoms with Crippen LogP contribution in [0.4, 0.5) is 13.2 Å². The molecule has 2 atom stereocenters. The third-order valence-corrected chi connectivity index (χ3v) is 3.67. The third-order valence-electron chi connectivity index (χ3n) is 3.67. The van der Waals surface area contributed by atoms with E-state index in [1.54, 1.807) is 0 Å². The monoisotopic (exact) mass is 280 g/mol. The average Bonchev–Trinajstić information content (AvgIpc) is 2.27. The summed E-state index contributed by atoms with van der Waals surface area (Å²) in [5.41, 5.74) is 0. The molecule has 0 bridgehead atoms. The molecule has 1 aliphatic rings. The van der Waals surface area contributed by atoms with Crippen molar-refractivity contribution >= 4 is 0 Å². The van der Waals surface area contributed by atoms with E-state index in [-0.39, 0.29) is 12.6 Å². The number of hydrogen-bond acceptors (Lipinski definition) is 2. The van der Waals surface area contributed by atoms with Crippen LogP contribution in [-0.2, 0) is 0 Å². The zero-order valence-corrected chi connectivity index (χ0v) is 12.3. The van der Waals surface area contributed by atoms with Crippen LogP contribution in [0.15, 0.2) is 0 Å². The first-order valence-corrected chi connectivity index (χ1v) is 7.36. The molecule has 0 aliphatic carbocycles. The summed E-state index contributed by atoms with van der Waals surface area (Å²) >= 11 is 0. The molecule has 5 heteroatoms. The first-order valence-electron chi connectivity index (χ1n) is 7.36. The molecule has 114 valence electrons. The molecule has 1 fully saturated rings. The van der Waals surface area contributed by atoms with Gasteiger partial charge in [-0.15, -0.1) is 0 Å². The lowest BCUT2D eigenvalue weighted by Crippen LogP contribution is -2.57. The number of nitrogens with one attached hydrogen (secondary N) is 1. The summed E-state index contributed by atoms with van der Waals surface area (Å²) in [5.74, 6) is 0.574. The second-order valence-electron chi connectivity index (χ2n) is 6.04. The molecule has 0 aromatic heterocycles. The molecule has 0 aromatic rings. The van der Waals surface area contributed by atoms with Crippen LogP contribution < -0.4 is 5.32 Å². The number of alkyl halides is 3. The first-order chi connectivity index (χ1) is 8.81. The summed E-state index contributed by atoms with van der Waals surface area (Å²) in [6, 6.07) is 0.595. The topological polar surface area (TPSA) is 15.3 Å². The Morgan fingerprint density at radius 2 is 2.00 bits per heavy atom. The summed E-state index contributed by atoms with van der Waals surface area (Å²) in [5, 5.41) is 3.49. The van der Waals surface area contributed by atoms with Gasteiger partial charge < -0.3 is 5.32 Å². The van der Waals surface area contributed by atoms with Gasteiger partial charge in [-0.2, -0.15) is 13.2 Å². The molecule has 1 saturated heterocycles. The number of piperazine rings is 1. The molecular weight excluding hydrogens is 253 g/mol. The molecule has 0 aromatic carbocycles. The van der Waals surface area contributed by atoms with Gasteiger partial charge in [0, 0.05) is 31.7 Å². The van der Waals surface area contributed by atoms with Gasteiger partial charge in [0.1, 0.15) is 0 Å². The molecule has 19 heavy (non-hydrogen) atoms. The fourth-order valence-electron chi connectivity index (χ4n) is 2.82. The van der Waals surface area contributed by atoms with E-state index < -0.39 is 12.6 Å². The summed E-state index contributed by atoms with van der Waals surface area (Å²) in [6.07, 6.45) is -1.72. The third kappa shape index (κ3) is 6.61. The number of halogens is 3. The van der Waals surface area contributed by atoms with Gasteiger partial charge in [-0.05, 0) is 18.8 Å². The predicted molar refractivity (Wildman–Crippen MR) is 72.2 cm³/mol. The maximum Gasteiger partial charge on any atom is 0.390 e. The molecule has 1 rings (SSSR count). The fraction of sp³-hybridized carbons (Fsp3) is 1.00. The Hall–Kier alpha value is -0.290. The van der Waals surface area contributed by atoms with Crippen LogP contribution in [0, 0.1) is 5.92 Å². The molecule has 2 unspecified atom stereocenters. The molecule has 0 spiro atoms. The number of hydrogen-bond donors (Lipinski definition) is 1. The van der Waals surface area contributed by atoms with Gasteiger partial charge >= 0.3 is 6.18 Å². The van der Waals surface area contributed by atoms with Gasteiger partial charge in [0.25, 0.3) is 0 Å². The van der Waals surface area contributed by atoms with E-state index in [1.165, 1.54) is 0 Å². The lowest BCUT2D eigenvalue weighted by molar-refractivity contribution is -0.140. The highest BCUT2D eigenvalue weighted by atomic mass is 19.4. The Labute approximate surface area is 114 Å². The SMILES string of the molecule is CCCC1CNC(CC(C)C)CN1CCC(F)(F)F. The minimum atomic E-state index is -4.05. The Bertz CT molecular complexity index is 254. The highest BCUT2D eigenvalue weighted by molar-refractivity contribution is 4.86. The van der Waals surface area contributed by atoms with E-state index in [4.69, 9.17) is 0 Å². The normalized spacial score (nSPS) is 26.1. The largest absolute Gasteiger partial charge is 0.390 e. The maximum absolute atomic E-state index is 12.4. The average molecular weight is 280 g/mol. The van der Waals surface area contributed by atoms with Gasteiger partial charge in [-0.3, -0.25) is 4.90 Å². The molecule has 1 aliphatic heterocycles. The molecule has 1 heterocycles. The van der Waals surface area contributed by atoms with Crippen LogP contribution in [0.1, 0.15) is 46.5 Å². The van der Waals surface area contributed by atoms with Gasteiger partial charge in [0.15, 0.2) is 0 Å². The van der Waals surface area contributed by atoms with Gasteiger partial charge in [-0.25, -0.2) is 0 Å². The molecule has 1 N–H and O–H groups in total. The van der Waals surface area contributed by atoms with Crippen LogP contribution in [0.2, 0.25) is 0 Å². The molecule has 0 amide bonds. The Kier molecular flexibility index (Phi) is 6.60. The van der Waals surface area contributed by atoms with Crippen molar-refractivity contribution in [2.24, 2.45) is 5.92 Å². The van der Waals surface area contributed by atoms with Crippen LogP contribution >= 0.6 is 0 Å². The van der Waals surface area contributed by atoms with Crippen LogP contribution in [0.3, 0.4) is 0 Å². The summed E-state index contributed by atoms with van der Waals surface area (Å²) in [4.78, 5) is 2.04. The maximum atomic E-state index is 12.4. The summed E-state index contributed by atoms with van der Waals surface area (Å²) in [6.45, 7) is 8.11. The van der Waals surface area contributed by atoms with Crippen molar-refractivity contribution in [2.75, 3.05) is 19.6 Å². The van der Waals surface area contributed by atoms with E-state index in [0.29, 0.717) is 12.0 Å². The second kappa shape index (κ2) is 7.48. The van der Waals surface area contributed by atoms with E-state index in [0.717, 1.165) is 32.4 Å². The number of rotatable bonds is 6. The zero-order valence-electron chi connectivity index (χ0n) is 12.3. The molecule has 2 nitrogen and oxygen atoms in total. The lowest BCUT2D eigenvalue weighted by atomic mass is 9.98. The van der Waals surface area contributed by atoms with Crippen LogP contribution in [-0.4, -0.2) is 42.8 Å². The van der Waals surface area contributed by atoms with Crippen molar-refractivity contribution in [3.8, 4) is 0 Å². The second-order valence-corrected chi connectivity index (χ2v) is 6.04. The van der Waals surface area contributed by atoms with Crippen molar-refractivity contribution in [3.05, 3.63) is 0 Å². The van der Waals surface area contributed by atoms with Gasteiger partial charge in [0.05, 0.1) is 6.42 Å². The quantitative estimate of drug-likeness (QED) is 0.802. The van der Waals surface area contributed by atoms with E-state index >= 15 is 0 Å². The zero-order chi connectivity index (χ0) is 14.5. The van der Waals surface area contributed by atoms with Crippen molar-refractivity contribution in [3.63, 3.8) is 0 Å². The molecular formula is C14H27F3N2. The smallest absolute Gasteiger partial charge is 0.311 e. The Balaban J connectivity index is 2.52. The van der Waals surface area contributed by atoms with E-state index in [1.807, 2.05) is 4.90 Å². The predicted octanol–water partition coefficient (Wildman–Crippen LogP) is 3.43. The summed E-state index contributed by atoms with van der Waals surface area (Å²) in [7, 11) is 0. The minimum absolute atomic E-state index is 0.143. The van der Waals surface area contributed by atoms with E-state index in [9.17, 15) is 13.2 Å². The molecule has 0 radical (unpaired) electrons.